The van der Waals surface area contributed by atoms with E-state index in [1.54, 1.807) is 6.07 Å². The van der Waals surface area contributed by atoms with Crippen LogP contribution in [0.5, 0.6) is 0 Å². The van der Waals surface area contributed by atoms with Crippen LogP contribution in [-0.2, 0) is 6.54 Å². The lowest BCUT2D eigenvalue weighted by atomic mass is 10.4. The maximum atomic E-state index is 5.97. The zero-order valence-corrected chi connectivity index (χ0v) is 11.9. The molecule has 0 N–H and O–H groups in total. The Morgan fingerprint density at radius 2 is 2.00 bits per heavy atom. The van der Waals surface area contributed by atoms with Gasteiger partial charge in [-0.25, -0.2) is 0 Å². The third kappa shape index (κ3) is 3.22. The number of nitrogens with zero attached hydrogens (tertiary/aromatic N) is 3. The summed E-state index contributed by atoms with van der Waals surface area (Å²) in [6.45, 7) is 0.694. The molecule has 0 aliphatic heterocycles. The minimum absolute atomic E-state index is 0.320. The molecule has 0 aromatic carbocycles. The molecule has 7 heteroatoms. The number of anilines is 1. The molecule has 2 rings (SSSR count). The van der Waals surface area contributed by atoms with Gasteiger partial charge in [-0.2, -0.15) is 0 Å². The van der Waals surface area contributed by atoms with Gasteiger partial charge in [0, 0.05) is 18.0 Å². The van der Waals surface area contributed by atoms with Gasteiger partial charge in [0.15, 0.2) is 10.3 Å². The fourth-order valence-electron chi connectivity index (χ4n) is 1.37. The molecule has 0 aliphatic carbocycles. The van der Waals surface area contributed by atoms with Gasteiger partial charge < -0.3 is 4.90 Å². The highest BCUT2D eigenvalue weighted by Gasteiger charge is 2.10. The average Bonchev–Trinajstić information content (AvgIpc) is 2.67. The summed E-state index contributed by atoms with van der Waals surface area (Å²) in [6, 6.07) is 5.54. The summed E-state index contributed by atoms with van der Waals surface area (Å²) in [7, 11) is 1.91. The first kappa shape index (κ1) is 12.9. The monoisotopic (exact) mass is 307 g/mol. The fraction of sp³-hybridized carbons (Fsp3) is 0.200. The first-order chi connectivity index (χ1) is 8.06. The number of halogens is 3. The standard InChI is InChI=1S/C10H8Cl3N3S/c1-16(5-6-2-3-9(12)17-6)7-4-8(11)14-15-10(7)13/h2-4H,5H2,1H3. The van der Waals surface area contributed by atoms with Crippen LogP contribution in [0.2, 0.25) is 14.6 Å². The highest BCUT2D eigenvalue weighted by Crippen LogP contribution is 2.28. The summed E-state index contributed by atoms with van der Waals surface area (Å²) >= 11 is 19.2. The van der Waals surface area contributed by atoms with E-state index >= 15 is 0 Å². The molecular formula is C10H8Cl3N3S. The Hall–Kier alpha value is -0.550. The van der Waals surface area contributed by atoms with Crippen LogP contribution in [0.1, 0.15) is 4.88 Å². The second-order valence-electron chi connectivity index (χ2n) is 3.40. The summed E-state index contributed by atoms with van der Waals surface area (Å²) < 4.78 is 0.769. The van der Waals surface area contributed by atoms with Gasteiger partial charge in [0.2, 0.25) is 0 Å². The van der Waals surface area contributed by atoms with Gasteiger partial charge >= 0.3 is 0 Å². The maximum Gasteiger partial charge on any atom is 0.175 e. The molecule has 0 saturated carbocycles. The van der Waals surface area contributed by atoms with Crippen molar-refractivity contribution < 1.29 is 0 Å². The van der Waals surface area contributed by atoms with Crippen molar-refractivity contribution in [2.24, 2.45) is 0 Å². The van der Waals surface area contributed by atoms with Crippen molar-refractivity contribution in [3.8, 4) is 0 Å². The molecule has 0 unspecified atom stereocenters. The van der Waals surface area contributed by atoms with Gasteiger partial charge in [-0.05, 0) is 12.1 Å². The van der Waals surface area contributed by atoms with Gasteiger partial charge in [-0.15, -0.1) is 21.5 Å². The quantitative estimate of drug-likeness (QED) is 0.853. The van der Waals surface area contributed by atoms with E-state index < -0.39 is 0 Å². The molecule has 2 heterocycles. The van der Waals surface area contributed by atoms with Gasteiger partial charge in [-0.1, -0.05) is 34.8 Å². The SMILES string of the molecule is CN(Cc1ccc(Cl)s1)c1cc(Cl)nnc1Cl. The van der Waals surface area contributed by atoms with E-state index in [0.29, 0.717) is 16.9 Å². The Morgan fingerprint density at radius 1 is 1.24 bits per heavy atom. The summed E-state index contributed by atoms with van der Waals surface area (Å²) in [4.78, 5) is 3.09. The molecule has 0 saturated heterocycles. The predicted molar refractivity (Wildman–Crippen MR) is 73.5 cm³/mol. The number of thiophene rings is 1. The molecule has 0 bridgehead atoms. The minimum atomic E-state index is 0.320. The van der Waals surface area contributed by atoms with Gasteiger partial charge in [0.05, 0.1) is 16.6 Å². The summed E-state index contributed by atoms with van der Waals surface area (Å²) in [6.07, 6.45) is 0. The molecule has 0 spiro atoms. The van der Waals surface area contributed by atoms with Crippen molar-refractivity contribution in [3.05, 3.63) is 37.7 Å². The average molecular weight is 309 g/mol. The van der Waals surface area contributed by atoms with E-state index in [9.17, 15) is 0 Å². The van der Waals surface area contributed by atoms with Gasteiger partial charge in [-0.3, -0.25) is 0 Å². The molecule has 0 fully saturated rings. The molecule has 0 radical (unpaired) electrons. The largest absolute Gasteiger partial charge is 0.367 e. The fourth-order valence-corrected chi connectivity index (χ4v) is 2.89. The maximum absolute atomic E-state index is 5.97. The Kier molecular flexibility index (Phi) is 4.09. The second-order valence-corrected chi connectivity index (χ2v) is 5.95. The molecule has 90 valence electrons. The molecule has 2 aromatic rings. The van der Waals surface area contributed by atoms with Gasteiger partial charge in [0.25, 0.3) is 0 Å². The topological polar surface area (TPSA) is 29.0 Å². The van der Waals surface area contributed by atoms with Crippen LogP contribution < -0.4 is 4.90 Å². The van der Waals surface area contributed by atoms with Crippen molar-refractivity contribution in [2.45, 2.75) is 6.54 Å². The third-order valence-electron chi connectivity index (χ3n) is 2.13. The number of aromatic nitrogens is 2. The highest BCUT2D eigenvalue weighted by atomic mass is 35.5. The number of hydrogen-bond donors (Lipinski definition) is 0. The zero-order chi connectivity index (χ0) is 12.4. The second kappa shape index (κ2) is 5.40. The Labute approximate surface area is 118 Å². The lowest BCUT2D eigenvalue weighted by Gasteiger charge is -2.18. The van der Waals surface area contributed by atoms with Crippen molar-refractivity contribution >= 4 is 51.8 Å². The molecular weight excluding hydrogens is 301 g/mol. The summed E-state index contributed by atoms with van der Waals surface area (Å²) in [5.74, 6) is 0. The molecule has 2 aromatic heterocycles. The van der Waals surface area contributed by atoms with E-state index in [1.807, 2.05) is 24.1 Å². The lowest BCUT2D eigenvalue weighted by Crippen LogP contribution is -2.16. The van der Waals surface area contributed by atoms with Crippen LogP contribution in [-0.4, -0.2) is 17.2 Å². The Balaban J connectivity index is 2.19. The van der Waals surface area contributed by atoms with E-state index in [2.05, 4.69) is 10.2 Å². The van der Waals surface area contributed by atoms with Crippen molar-refractivity contribution in [1.29, 1.82) is 0 Å². The molecule has 3 nitrogen and oxygen atoms in total. The van der Waals surface area contributed by atoms with E-state index in [1.165, 1.54) is 11.3 Å². The Bertz CT molecular complexity index is 529. The van der Waals surface area contributed by atoms with Crippen LogP contribution in [0.3, 0.4) is 0 Å². The van der Waals surface area contributed by atoms with Crippen molar-refractivity contribution in [2.75, 3.05) is 11.9 Å². The van der Waals surface area contributed by atoms with Crippen LogP contribution in [0.15, 0.2) is 18.2 Å². The number of hydrogen-bond acceptors (Lipinski definition) is 4. The van der Waals surface area contributed by atoms with Crippen molar-refractivity contribution in [3.63, 3.8) is 0 Å². The van der Waals surface area contributed by atoms with E-state index in [0.717, 1.165) is 14.9 Å². The van der Waals surface area contributed by atoms with E-state index in [4.69, 9.17) is 34.8 Å². The predicted octanol–water partition coefficient (Wildman–Crippen LogP) is 4.13. The van der Waals surface area contributed by atoms with Crippen molar-refractivity contribution in [1.82, 2.24) is 10.2 Å². The molecule has 0 atom stereocenters. The highest BCUT2D eigenvalue weighted by molar-refractivity contribution is 7.16. The molecule has 0 amide bonds. The minimum Gasteiger partial charge on any atom is -0.367 e. The Morgan fingerprint density at radius 3 is 2.65 bits per heavy atom. The molecule has 0 aliphatic rings. The van der Waals surface area contributed by atoms with Crippen LogP contribution in [0.4, 0.5) is 5.69 Å². The van der Waals surface area contributed by atoms with E-state index in [-0.39, 0.29) is 0 Å². The number of rotatable bonds is 3. The first-order valence-corrected chi connectivity index (χ1v) is 6.65. The summed E-state index contributed by atoms with van der Waals surface area (Å²) in [5.41, 5.74) is 0.746. The first-order valence-electron chi connectivity index (χ1n) is 4.70. The smallest absolute Gasteiger partial charge is 0.175 e. The van der Waals surface area contributed by atoms with Crippen LogP contribution >= 0.6 is 46.1 Å². The summed E-state index contributed by atoms with van der Waals surface area (Å²) in [5, 5.41) is 8.09. The third-order valence-corrected chi connectivity index (χ3v) is 3.80. The van der Waals surface area contributed by atoms with Crippen LogP contribution in [0.25, 0.3) is 0 Å². The van der Waals surface area contributed by atoms with Gasteiger partial charge in [0.1, 0.15) is 0 Å². The normalized spacial score (nSPS) is 10.6. The van der Waals surface area contributed by atoms with Crippen LogP contribution in [0, 0.1) is 0 Å². The lowest BCUT2D eigenvalue weighted by molar-refractivity contribution is 0.916. The zero-order valence-electron chi connectivity index (χ0n) is 8.82. The molecule has 17 heavy (non-hydrogen) atoms.